The minimum Gasteiger partial charge on any atom is -0.457 e. The molecule has 0 unspecified atom stereocenters. The van der Waals surface area contributed by atoms with Crippen LogP contribution < -0.4 is 15.4 Å². The Kier molecular flexibility index (Phi) is 6.70. The number of hydrogen-bond donors (Lipinski definition) is 2. The second-order valence-electron chi connectivity index (χ2n) is 10.4. The molecule has 3 aromatic carbocycles. The molecule has 2 fully saturated rings. The van der Waals surface area contributed by atoms with Crippen molar-refractivity contribution in [3.8, 4) is 17.2 Å². The monoisotopic (exact) mass is 507 g/mol. The van der Waals surface area contributed by atoms with Crippen molar-refractivity contribution in [2.45, 2.75) is 32.9 Å². The molecule has 3 heterocycles. The fourth-order valence-corrected chi connectivity index (χ4v) is 5.59. The molecule has 1 amide bonds. The molecule has 0 aliphatic carbocycles. The lowest BCUT2D eigenvalue weighted by Crippen LogP contribution is -2.33. The highest BCUT2D eigenvalue weighted by atomic mass is 16.5. The summed E-state index contributed by atoms with van der Waals surface area (Å²) in [6.45, 7) is 8.09. The van der Waals surface area contributed by atoms with Crippen LogP contribution in [0.2, 0.25) is 0 Å². The summed E-state index contributed by atoms with van der Waals surface area (Å²) in [7, 11) is 0. The van der Waals surface area contributed by atoms with Crippen LogP contribution in [0.25, 0.3) is 5.69 Å². The van der Waals surface area contributed by atoms with Crippen LogP contribution in [0.1, 0.15) is 33.6 Å². The largest absolute Gasteiger partial charge is 0.457 e. The summed E-state index contributed by atoms with van der Waals surface area (Å²) in [5.41, 5.74) is 5.39. The van der Waals surface area contributed by atoms with Gasteiger partial charge in [-0.05, 0) is 92.9 Å². The first-order valence-electron chi connectivity index (χ1n) is 13.3. The van der Waals surface area contributed by atoms with E-state index >= 15 is 0 Å². The number of para-hydroxylation sites is 1. The number of amides is 1. The predicted molar refractivity (Wildman–Crippen MR) is 149 cm³/mol. The number of rotatable bonds is 7. The number of fused-ring (bicyclic) bond motifs is 1. The number of carbonyl (C=O) groups is 1. The van der Waals surface area contributed by atoms with Crippen molar-refractivity contribution in [3.05, 3.63) is 102 Å². The van der Waals surface area contributed by atoms with Gasteiger partial charge in [0.15, 0.2) is 0 Å². The van der Waals surface area contributed by atoms with E-state index in [-0.39, 0.29) is 5.91 Å². The normalized spacial score (nSPS) is 18.9. The fourth-order valence-electron chi connectivity index (χ4n) is 5.59. The van der Waals surface area contributed by atoms with Crippen molar-refractivity contribution in [3.63, 3.8) is 0 Å². The van der Waals surface area contributed by atoms with Gasteiger partial charge in [0.25, 0.3) is 5.91 Å². The molecule has 2 aliphatic rings. The quantitative estimate of drug-likeness (QED) is 0.354. The average molecular weight is 508 g/mol. The molecule has 6 rings (SSSR count). The van der Waals surface area contributed by atoms with Gasteiger partial charge in [0.1, 0.15) is 11.5 Å². The minimum absolute atomic E-state index is 0.172. The Hall–Kier alpha value is -3.94. The van der Waals surface area contributed by atoms with E-state index in [0.29, 0.717) is 17.4 Å². The van der Waals surface area contributed by atoms with Gasteiger partial charge in [0.05, 0.1) is 12.0 Å². The Balaban J connectivity index is 1.26. The highest BCUT2D eigenvalue weighted by molar-refractivity contribution is 6.04. The molecule has 194 valence electrons. The molecule has 38 heavy (non-hydrogen) atoms. The van der Waals surface area contributed by atoms with E-state index in [1.807, 2.05) is 79.5 Å². The zero-order chi connectivity index (χ0) is 26.1. The van der Waals surface area contributed by atoms with E-state index in [2.05, 4.69) is 32.7 Å². The van der Waals surface area contributed by atoms with Crippen LogP contribution in [0.15, 0.2) is 79.3 Å². The summed E-state index contributed by atoms with van der Waals surface area (Å²) in [5, 5.41) is 6.68. The van der Waals surface area contributed by atoms with Gasteiger partial charge in [-0.3, -0.25) is 9.69 Å². The second kappa shape index (κ2) is 10.4. The third kappa shape index (κ3) is 5.21. The van der Waals surface area contributed by atoms with Gasteiger partial charge in [-0.15, -0.1) is 0 Å². The summed E-state index contributed by atoms with van der Waals surface area (Å²) < 4.78 is 8.07. The molecule has 0 saturated carbocycles. The number of aryl methyl sites for hydroxylation is 2. The maximum Gasteiger partial charge on any atom is 0.255 e. The van der Waals surface area contributed by atoms with Crippen molar-refractivity contribution >= 4 is 11.6 Å². The Morgan fingerprint density at radius 2 is 1.95 bits per heavy atom. The van der Waals surface area contributed by atoms with Crippen molar-refractivity contribution in [1.82, 2.24) is 19.8 Å². The SMILES string of the molecule is Cc1cn(-c2cc(CN3CC[C@@H]4CNC[C@@H]43)cc(NC(=O)c3ccc(C)c(Oc4ccccc4)c3)c2)cn1. The van der Waals surface area contributed by atoms with Crippen LogP contribution in [0.3, 0.4) is 0 Å². The van der Waals surface area contributed by atoms with Crippen LogP contribution in [-0.4, -0.2) is 46.0 Å². The Labute approximate surface area is 223 Å². The number of ether oxygens (including phenoxy) is 1. The number of nitrogens with one attached hydrogen (secondary N) is 2. The third-order valence-electron chi connectivity index (χ3n) is 7.61. The Morgan fingerprint density at radius 3 is 2.76 bits per heavy atom. The molecule has 0 bridgehead atoms. The zero-order valence-corrected chi connectivity index (χ0v) is 21.9. The lowest BCUT2D eigenvalue weighted by molar-refractivity contribution is 0.102. The number of imidazole rings is 1. The Morgan fingerprint density at radius 1 is 1.08 bits per heavy atom. The average Bonchev–Trinajstić information content (AvgIpc) is 3.65. The van der Waals surface area contributed by atoms with Crippen molar-refractivity contribution < 1.29 is 9.53 Å². The number of anilines is 1. The molecule has 0 radical (unpaired) electrons. The first kappa shape index (κ1) is 24.4. The third-order valence-corrected chi connectivity index (χ3v) is 7.61. The number of benzene rings is 3. The first-order valence-corrected chi connectivity index (χ1v) is 13.3. The lowest BCUT2D eigenvalue weighted by atomic mass is 10.0. The molecule has 2 saturated heterocycles. The smallest absolute Gasteiger partial charge is 0.255 e. The van der Waals surface area contributed by atoms with Gasteiger partial charge in [-0.2, -0.15) is 0 Å². The van der Waals surface area contributed by atoms with Crippen LogP contribution in [-0.2, 0) is 6.54 Å². The number of likely N-dealkylation sites (tertiary alicyclic amines) is 1. The molecule has 4 aromatic rings. The number of hydrogen-bond acceptors (Lipinski definition) is 5. The summed E-state index contributed by atoms with van der Waals surface area (Å²) in [4.78, 5) is 20.4. The van der Waals surface area contributed by atoms with Gasteiger partial charge in [-0.25, -0.2) is 4.98 Å². The van der Waals surface area contributed by atoms with E-state index in [9.17, 15) is 4.79 Å². The highest BCUT2D eigenvalue weighted by Gasteiger charge is 2.37. The van der Waals surface area contributed by atoms with Gasteiger partial charge in [0.2, 0.25) is 0 Å². The fraction of sp³-hybridized carbons (Fsp3) is 0.290. The highest BCUT2D eigenvalue weighted by Crippen LogP contribution is 2.30. The molecule has 7 nitrogen and oxygen atoms in total. The van der Waals surface area contributed by atoms with Gasteiger partial charge in [0, 0.05) is 42.3 Å². The zero-order valence-electron chi connectivity index (χ0n) is 21.9. The number of aromatic nitrogens is 2. The molecular formula is C31H33N5O2. The van der Waals surface area contributed by atoms with Crippen LogP contribution >= 0.6 is 0 Å². The van der Waals surface area contributed by atoms with Crippen LogP contribution in [0.5, 0.6) is 11.5 Å². The minimum atomic E-state index is -0.172. The molecule has 0 spiro atoms. The van der Waals surface area contributed by atoms with Crippen molar-refractivity contribution in [2.75, 3.05) is 25.0 Å². The molecular weight excluding hydrogens is 474 g/mol. The van der Waals surface area contributed by atoms with E-state index in [1.165, 1.54) is 12.0 Å². The molecule has 1 aromatic heterocycles. The molecule has 2 atom stereocenters. The number of nitrogens with zero attached hydrogens (tertiary/aromatic N) is 3. The molecule has 2 aliphatic heterocycles. The summed E-state index contributed by atoms with van der Waals surface area (Å²) in [5.74, 6) is 1.97. The topological polar surface area (TPSA) is 71.4 Å². The molecule has 7 heteroatoms. The predicted octanol–water partition coefficient (Wildman–Crippen LogP) is 5.33. The summed E-state index contributed by atoms with van der Waals surface area (Å²) in [6, 6.07) is 22.1. The van der Waals surface area contributed by atoms with Gasteiger partial charge < -0.3 is 19.9 Å². The standard InChI is InChI=1S/C31H33N5O2/c1-21-8-9-24(14-30(21)38-28-6-4-3-5-7-28)31(37)34-26-12-23(13-27(15-26)36-18-22(2)33-20-36)19-35-11-10-25-16-32-17-29(25)35/h3-9,12-15,18,20,25,29,32H,10-11,16-17,19H2,1-2H3,(H,34,37)/t25-,29+/m1/s1. The van der Waals surface area contributed by atoms with Gasteiger partial charge >= 0.3 is 0 Å². The second-order valence-corrected chi connectivity index (χ2v) is 10.4. The summed E-state index contributed by atoms with van der Waals surface area (Å²) >= 11 is 0. The maximum absolute atomic E-state index is 13.4. The van der Waals surface area contributed by atoms with Crippen LogP contribution in [0.4, 0.5) is 5.69 Å². The van der Waals surface area contributed by atoms with E-state index in [0.717, 1.165) is 60.5 Å². The number of carbonyl (C=O) groups excluding carboxylic acids is 1. The summed E-state index contributed by atoms with van der Waals surface area (Å²) in [6.07, 6.45) is 5.06. The maximum atomic E-state index is 13.4. The Bertz CT molecular complexity index is 1450. The van der Waals surface area contributed by atoms with Crippen molar-refractivity contribution in [2.24, 2.45) is 5.92 Å². The van der Waals surface area contributed by atoms with Gasteiger partial charge in [-0.1, -0.05) is 24.3 Å². The first-order chi connectivity index (χ1) is 18.5. The van der Waals surface area contributed by atoms with E-state index < -0.39 is 0 Å². The van der Waals surface area contributed by atoms with Crippen LogP contribution in [0, 0.1) is 19.8 Å². The van der Waals surface area contributed by atoms with E-state index in [4.69, 9.17) is 4.74 Å². The van der Waals surface area contributed by atoms with Crippen molar-refractivity contribution in [1.29, 1.82) is 0 Å². The lowest BCUT2D eigenvalue weighted by Gasteiger charge is -2.24. The van der Waals surface area contributed by atoms with E-state index in [1.54, 1.807) is 6.07 Å². The molecule has 2 N–H and O–H groups in total.